The second-order valence-corrected chi connectivity index (χ2v) is 7.61. The van der Waals surface area contributed by atoms with Gasteiger partial charge in [0.2, 0.25) is 5.91 Å². The Morgan fingerprint density at radius 3 is 2.64 bits per heavy atom. The van der Waals surface area contributed by atoms with E-state index in [1.165, 1.54) is 0 Å². The molecule has 0 radical (unpaired) electrons. The third kappa shape index (κ3) is 3.15. The molecule has 1 saturated carbocycles. The fraction of sp³-hybridized carbons (Fsp3) is 0.400. The number of amides is 4. The third-order valence-electron chi connectivity index (χ3n) is 5.55. The summed E-state index contributed by atoms with van der Waals surface area (Å²) in [5, 5.41) is 5.68. The molecule has 28 heavy (non-hydrogen) atoms. The van der Waals surface area contributed by atoms with Gasteiger partial charge >= 0.3 is 6.03 Å². The van der Waals surface area contributed by atoms with Crippen molar-refractivity contribution in [3.63, 3.8) is 0 Å². The normalized spacial score (nSPS) is 22.9. The molecule has 1 aromatic heterocycles. The van der Waals surface area contributed by atoms with Crippen LogP contribution in [-0.2, 0) is 16.6 Å². The van der Waals surface area contributed by atoms with Crippen LogP contribution in [0.15, 0.2) is 42.7 Å². The Labute approximate surface area is 162 Å². The van der Waals surface area contributed by atoms with E-state index in [1.807, 2.05) is 41.9 Å². The van der Waals surface area contributed by atoms with Crippen LogP contribution in [0.1, 0.15) is 37.2 Å². The summed E-state index contributed by atoms with van der Waals surface area (Å²) in [6.45, 7) is 1.42. The number of imide groups is 1. The quantitative estimate of drug-likeness (QED) is 0.738. The maximum Gasteiger partial charge on any atom is 0.325 e. The summed E-state index contributed by atoms with van der Waals surface area (Å²) in [5.74, 6) is 0.0741. The number of hydrogen-bond acceptors (Lipinski definition) is 4. The molecule has 2 heterocycles. The maximum atomic E-state index is 12.8. The summed E-state index contributed by atoms with van der Waals surface area (Å²) in [4.78, 5) is 43.2. The van der Waals surface area contributed by atoms with Gasteiger partial charge in [-0.2, -0.15) is 0 Å². The van der Waals surface area contributed by atoms with Crippen LogP contribution in [0.2, 0.25) is 0 Å². The first-order valence-corrected chi connectivity index (χ1v) is 9.36. The van der Waals surface area contributed by atoms with Crippen LogP contribution in [-0.4, -0.2) is 44.4 Å². The zero-order valence-electron chi connectivity index (χ0n) is 15.9. The van der Waals surface area contributed by atoms with Gasteiger partial charge in [0.05, 0.1) is 0 Å². The van der Waals surface area contributed by atoms with Crippen molar-refractivity contribution in [1.29, 1.82) is 0 Å². The highest BCUT2D eigenvalue weighted by Gasteiger charge is 2.56. The van der Waals surface area contributed by atoms with Crippen LogP contribution in [0.5, 0.6) is 0 Å². The number of urea groups is 1. The first-order chi connectivity index (χ1) is 13.4. The lowest BCUT2D eigenvalue weighted by Gasteiger charge is -2.22. The summed E-state index contributed by atoms with van der Waals surface area (Å²) in [5.41, 5.74) is -0.0271. The first-order valence-electron chi connectivity index (χ1n) is 9.36. The first kappa shape index (κ1) is 18.2. The standard InChI is InChI=1S/C20H23N5O3/c1-20(14-8-9-14)18(27)25(19(28)23-20)12-15(26)22-16(13-6-4-3-5-7-13)17-21-10-11-24(17)2/h3-7,10-11,14,16H,8-9,12H2,1-2H3,(H,22,26)(H,23,28)/t16-,20-/m1/s1. The molecule has 2 aromatic rings. The topological polar surface area (TPSA) is 96.3 Å². The minimum Gasteiger partial charge on any atom is -0.341 e. The second kappa shape index (κ2) is 6.78. The van der Waals surface area contributed by atoms with E-state index < -0.39 is 23.5 Å². The van der Waals surface area contributed by atoms with Crippen LogP contribution < -0.4 is 10.6 Å². The van der Waals surface area contributed by atoms with Gasteiger partial charge in [0.15, 0.2) is 0 Å². The molecule has 146 valence electrons. The summed E-state index contributed by atoms with van der Waals surface area (Å²) in [7, 11) is 1.85. The van der Waals surface area contributed by atoms with E-state index in [0.717, 1.165) is 23.3 Å². The average molecular weight is 381 g/mol. The van der Waals surface area contributed by atoms with Crippen molar-refractivity contribution in [2.75, 3.05) is 6.54 Å². The van der Waals surface area contributed by atoms with Crippen LogP contribution in [0.25, 0.3) is 0 Å². The number of aromatic nitrogens is 2. The number of carbonyl (C=O) groups is 3. The molecule has 1 aliphatic carbocycles. The Bertz CT molecular complexity index is 921. The molecule has 2 atom stereocenters. The molecule has 1 aromatic carbocycles. The van der Waals surface area contributed by atoms with Crippen molar-refractivity contribution in [2.45, 2.75) is 31.3 Å². The van der Waals surface area contributed by atoms with E-state index in [4.69, 9.17) is 0 Å². The van der Waals surface area contributed by atoms with Gasteiger partial charge in [0.25, 0.3) is 5.91 Å². The number of aryl methyl sites for hydroxylation is 1. The molecule has 1 aliphatic heterocycles. The molecule has 0 bridgehead atoms. The molecule has 0 spiro atoms. The molecule has 0 unspecified atom stereocenters. The Morgan fingerprint density at radius 1 is 1.32 bits per heavy atom. The lowest BCUT2D eigenvalue weighted by molar-refractivity contribution is -0.135. The lowest BCUT2D eigenvalue weighted by atomic mass is 9.96. The minimum atomic E-state index is -0.893. The largest absolute Gasteiger partial charge is 0.341 e. The van der Waals surface area contributed by atoms with E-state index in [-0.39, 0.29) is 18.4 Å². The molecule has 2 fully saturated rings. The number of rotatable bonds is 6. The molecule has 8 nitrogen and oxygen atoms in total. The number of hydrogen-bond donors (Lipinski definition) is 2. The van der Waals surface area contributed by atoms with Crippen molar-refractivity contribution in [3.05, 3.63) is 54.1 Å². The van der Waals surface area contributed by atoms with E-state index in [1.54, 1.807) is 19.3 Å². The Kier molecular flexibility index (Phi) is 4.41. The zero-order valence-corrected chi connectivity index (χ0v) is 15.9. The SMILES string of the molecule is Cn1ccnc1[C@H](NC(=O)CN1C(=O)N[C@](C)(C2CC2)C1=O)c1ccccc1. The van der Waals surface area contributed by atoms with E-state index >= 15 is 0 Å². The smallest absolute Gasteiger partial charge is 0.325 e. The highest BCUT2D eigenvalue weighted by atomic mass is 16.2. The average Bonchev–Trinajstić information content (AvgIpc) is 3.42. The number of nitrogens with zero attached hydrogens (tertiary/aromatic N) is 3. The van der Waals surface area contributed by atoms with Gasteiger partial charge in [0, 0.05) is 19.4 Å². The number of imidazole rings is 1. The van der Waals surface area contributed by atoms with Gasteiger partial charge in [-0.1, -0.05) is 30.3 Å². The predicted octanol–water partition coefficient (Wildman–Crippen LogP) is 1.35. The van der Waals surface area contributed by atoms with Crippen LogP contribution in [0, 0.1) is 5.92 Å². The Morgan fingerprint density at radius 2 is 2.04 bits per heavy atom. The van der Waals surface area contributed by atoms with E-state index in [0.29, 0.717) is 5.82 Å². The molecule has 8 heteroatoms. The van der Waals surface area contributed by atoms with E-state index in [2.05, 4.69) is 15.6 Å². The zero-order chi connectivity index (χ0) is 19.9. The molecule has 2 N–H and O–H groups in total. The maximum absolute atomic E-state index is 12.8. The monoisotopic (exact) mass is 381 g/mol. The number of benzene rings is 1. The Balaban J connectivity index is 1.52. The van der Waals surface area contributed by atoms with Gasteiger partial charge in [-0.15, -0.1) is 0 Å². The van der Waals surface area contributed by atoms with Gasteiger partial charge in [-0.05, 0) is 31.2 Å². The Hall–Kier alpha value is -3.16. The van der Waals surface area contributed by atoms with Crippen molar-refractivity contribution in [3.8, 4) is 0 Å². The molecular weight excluding hydrogens is 358 g/mol. The van der Waals surface area contributed by atoms with Crippen LogP contribution >= 0.6 is 0 Å². The molecule has 4 amide bonds. The highest BCUT2D eigenvalue weighted by Crippen LogP contribution is 2.42. The van der Waals surface area contributed by atoms with Gasteiger partial charge < -0.3 is 15.2 Å². The van der Waals surface area contributed by atoms with E-state index in [9.17, 15) is 14.4 Å². The second-order valence-electron chi connectivity index (χ2n) is 7.61. The minimum absolute atomic E-state index is 0.154. The molecule has 2 aliphatic rings. The van der Waals surface area contributed by atoms with Crippen molar-refractivity contribution in [2.24, 2.45) is 13.0 Å². The van der Waals surface area contributed by atoms with Gasteiger partial charge in [-0.25, -0.2) is 9.78 Å². The van der Waals surface area contributed by atoms with Crippen LogP contribution in [0.4, 0.5) is 4.79 Å². The van der Waals surface area contributed by atoms with Crippen molar-refractivity contribution in [1.82, 2.24) is 25.1 Å². The highest BCUT2D eigenvalue weighted by molar-refractivity contribution is 6.09. The predicted molar refractivity (Wildman–Crippen MR) is 101 cm³/mol. The summed E-state index contributed by atoms with van der Waals surface area (Å²) in [6, 6.07) is 8.47. The summed E-state index contributed by atoms with van der Waals surface area (Å²) in [6.07, 6.45) is 5.29. The van der Waals surface area contributed by atoms with Crippen molar-refractivity contribution < 1.29 is 14.4 Å². The fourth-order valence-corrected chi connectivity index (χ4v) is 3.74. The molecule has 4 rings (SSSR count). The summed E-state index contributed by atoms with van der Waals surface area (Å²) < 4.78 is 1.83. The van der Waals surface area contributed by atoms with Crippen molar-refractivity contribution >= 4 is 17.8 Å². The molecular formula is C20H23N5O3. The number of carbonyl (C=O) groups excluding carboxylic acids is 3. The lowest BCUT2D eigenvalue weighted by Crippen LogP contribution is -2.47. The fourth-order valence-electron chi connectivity index (χ4n) is 3.74. The summed E-state index contributed by atoms with van der Waals surface area (Å²) >= 11 is 0. The number of nitrogens with one attached hydrogen (secondary N) is 2. The van der Waals surface area contributed by atoms with Crippen LogP contribution in [0.3, 0.4) is 0 Å². The van der Waals surface area contributed by atoms with Gasteiger partial charge in [-0.3, -0.25) is 14.5 Å². The van der Waals surface area contributed by atoms with Gasteiger partial charge in [0.1, 0.15) is 23.9 Å². The third-order valence-corrected chi connectivity index (χ3v) is 5.55. The molecule has 1 saturated heterocycles.